The van der Waals surface area contributed by atoms with E-state index in [0.29, 0.717) is 22.4 Å². The second-order valence-corrected chi connectivity index (χ2v) is 4.27. The van der Waals surface area contributed by atoms with E-state index in [1.54, 1.807) is 12.1 Å². The molecule has 0 spiro atoms. The van der Waals surface area contributed by atoms with E-state index in [4.69, 9.17) is 21.3 Å². The van der Waals surface area contributed by atoms with Crippen LogP contribution < -0.4 is 0 Å². The standard InChI is InChI=1S/C12H7ClN6O/c13-9-4-2-1-3-8(9)12-17-16-11(20-12)6-19-7-15-10(5-14)18-19/h1-4,7H,6H2. The molecule has 98 valence electrons. The van der Waals surface area contributed by atoms with Crippen molar-refractivity contribution in [3.8, 4) is 17.5 Å². The highest BCUT2D eigenvalue weighted by atomic mass is 35.5. The van der Waals surface area contributed by atoms with Gasteiger partial charge in [-0.15, -0.1) is 15.3 Å². The van der Waals surface area contributed by atoms with Gasteiger partial charge in [0.15, 0.2) is 0 Å². The van der Waals surface area contributed by atoms with Crippen LogP contribution in [0.2, 0.25) is 5.02 Å². The molecule has 0 aliphatic carbocycles. The van der Waals surface area contributed by atoms with Crippen LogP contribution in [0.3, 0.4) is 0 Å². The predicted molar refractivity (Wildman–Crippen MR) is 68.6 cm³/mol. The van der Waals surface area contributed by atoms with Crippen molar-refractivity contribution in [2.45, 2.75) is 6.54 Å². The van der Waals surface area contributed by atoms with E-state index in [9.17, 15) is 0 Å². The van der Waals surface area contributed by atoms with E-state index in [2.05, 4.69) is 20.3 Å². The Morgan fingerprint density at radius 1 is 1.30 bits per heavy atom. The van der Waals surface area contributed by atoms with Gasteiger partial charge < -0.3 is 4.42 Å². The zero-order chi connectivity index (χ0) is 13.9. The number of nitriles is 1. The first-order valence-corrected chi connectivity index (χ1v) is 6.01. The van der Waals surface area contributed by atoms with Crippen LogP contribution in [-0.2, 0) is 6.54 Å². The highest BCUT2D eigenvalue weighted by Crippen LogP contribution is 2.26. The summed E-state index contributed by atoms with van der Waals surface area (Å²) in [5.74, 6) is 0.788. The fraction of sp³-hybridized carbons (Fsp3) is 0.0833. The summed E-state index contributed by atoms with van der Waals surface area (Å²) >= 11 is 6.06. The van der Waals surface area contributed by atoms with Crippen molar-refractivity contribution in [1.82, 2.24) is 25.0 Å². The molecule has 0 aliphatic rings. The molecule has 2 aromatic heterocycles. The molecule has 0 fully saturated rings. The summed E-state index contributed by atoms with van der Waals surface area (Å²) in [6.45, 7) is 0.242. The van der Waals surface area contributed by atoms with Crippen LogP contribution in [-0.4, -0.2) is 25.0 Å². The average Bonchev–Trinajstić information content (AvgIpc) is 3.09. The number of hydrogen-bond acceptors (Lipinski definition) is 6. The zero-order valence-corrected chi connectivity index (χ0v) is 10.8. The third kappa shape index (κ3) is 2.37. The van der Waals surface area contributed by atoms with Crippen LogP contribution in [0, 0.1) is 11.3 Å². The average molecular weight is 287 g/mol. The predicted octanol–water partition coefficient (Wildman–Crippen LogP) is 1.90. The maximum atomic E-state index is 8.65. The maximum Gasteiger partial charge on any atom is 0.252 e. The summed E-state index contributed by atoms with van der Waals surface area (Å²) in [6, 6.07) is 9.04. The second kappa shape index (κ2) is 5.11. The lowest BCUT2D eigenvalue weighted by Crippen LogP contribution is -2.00. The molecule has 0 amide bonds. The molecule has 0 N–H and O–H groups in total. The van der Waals surface area contributed by atoms with Crippen molar-refractivity contribution >= 4 is 11.6 Å². The number of nitrogens with zero attached hydrogens (tertiary/aromatic N) is 6. The van der Waals surface area contributed by atoms with Gasteiger partial charge in [-0.1, -0.05) is 23.7 Å². The smallest absolute Gasteiger partial charge is 0.252 e. The van der Waals surface area contributed by atoms with E-state index < -0.39 is 0 Å². The van der Waals surface area contributed by atoms with E-state index in [1.807, 2.05) is 18.2 Å². The maximum absolute atomic E-state index is 8.65. The van der Waals surface area contributed by atoms with Gasteiger partial charge in [0.25, 0.3) is 5.82 Å². The van der Waals surface area contributed by atoms with Crippen molar-refractivity contribution in [3.63, 3.8) is 0 Å². The fourth-order valence-electron chi connectivity index (χ4n) is 1.62. The molecule has 0 saturated heterocycles. The monoisotopic (exact) mass is 286 g/mol. The van der Waals surface area contributed by atoms with Gasteiger partial charge >= 0.3 is 0 Å². The highest BCUT2D eigenvalue weighted by molar-refractivity contribution is 6.33. The summed E-state index contributed by atoms with van der Waals surface area (Å²) < 4.78 is 6.97. The van der Waals surface area contributed by atoms with Crippen LogP contribution in [0.5, 0.6) is 0 Å². The van der Waals surface area contributed by atoms with Gasteiger partial charge in [0.1, 0.15) is 18.9 Å². The third-order valence-corrected chi connectivity index (χ3v) is 2.83. The molecule has 7 nitrogen and oxygen atoms in total. The molecular weight excluding hydrogens is 280 g/mol. The summed E-state index contributed by atoms with van der Waals surface area (Å²) in [6.07, 6.45) is 1.43. The van der Waals surface area contributed by atoms with Gasteiger partial charge in [0, 0.05) is 0 Å². The minimum absolute atomic E-state index is 0.0934. The molecule has 20 heavy (non-hydrogen) atoms. The normalized spacial score (nSPS) is 10.4. The Bertz CT molecular complexity index is 787. The molecule has 8 heteroatoms. The van der Waals surface area contributed by atoms with E-state index >= 15 is 0 Å². The van der Waals surface area contributed by atoms with Gasteiger partial charge in [-0.25, -0.2) is 9.67 Å². The Labute approximate surface area is 118 Å². The lowest BCUT2D eigenvalue weighted by molar-refractivity contribution is 0.473. The van der Waals surface area contributed by atoms with Crippen molar-refractivity contribution in [3.05, 3.63) is 47.3 Å². The summed E-state index contributed by atoms with van der Waals surface area (Å²) in [5.41, 5.74) is 0.671. The number of rotatable bonds is 3. The Kier molecular flexibility index (Phi) is 3.15. The first kappa shape index (κ1) is 12.3. The molecule has 0 aliphatic heterocycles. The molecule has 2 heterocycles. The van der Waals surface area contributed by atoms with Crippen LogP contribution in [0.15, 0.2) is 35.0 Å². The lowest BCUT2D eigenvalue weighted by Gasteiger charge is -1.97. The van der Waals surface area contributed by atoms with Gasteiger partial charge in [0.2, 0.25) is 11.8 Å². The largest absolute Gasteiger partial charge is 0.419 e. The van der Waals surface area contributed by atoms with E-state index in [-0.39, 0.29) is 12.4 Å². The summed E-state index contributed by atoms with van der Waals surface area (Å²) in [4.78, 5) is 3.79. The molecule has 0 bridgehead atoms. The van der Waals surface area contributed by atoms with Crippen LogP contribution in [0.25, 0.3) is 11.5 Å². The topological polar surface area (TPSA) is 93.4 Å². The van der Waals surface area contributed by atoms with Gasteiger partial charge in [0.05, 0.1) is 10.6 Å². The Hall–Kier alpha value is -2.72. The summed E-state index contributed by atoms with van der Waals surface area (Å²) in [5, 5.41) is 21.0. The number of aromatic nitrogens is 5. The molecule has 0 saturated carbocycles. The first-order chi connectivity index (χ1) is 9.76. The lowest BCUT2D eigenvalue weighted by atomic mass is 10.2. The summed E-state index contributed by atoms with van der Waals surface area (Å²) in [7, 11) is 0. The Morgan fingerprint density at radius 2 is 2.15 bits per heavy atom. The van der Waals surface area contributed by atoms with Crippen LogP contribution in [0.1, 0.15) is 11.7 Å². The molecule has 0 atom stereocenters. The molecule has 0 radical (unpaired) electrons. The molecular formula is C12H7ClN6O. The molecule has 1 aromatic carbocycles. The Morgan fingerprint density at radius 3 is 2.90 bits per heavy atom. The molecule has 3 aromatic rings. The van der Waals surface area contributed by atoms with Crippen molar-refractivity contribution in [1.29, 1.82) is 5.26 Å². The third-order valence-electron chi connectivity index (χ3n) is 2.50. The minimum atomic E-state index is 0.0934. The molecule has 3 rings (SSSR count). The van der Waals surface area contributed by atoms with E-state index in [1.165, 1.54) is 11.0 Å². The SMILES string of the molecule is N#Cc1ncn(Cc2nnc(-c3ccccc3Cl)o2)n1. The minimum Gasteiger partial charge on any atom is -0.419 e. The number of hydrogen-bond donors (Lipinski definition) is 0. The quantitative estimate of drug-likeness (QED) is 0.730. The van der Waals surface area contributed by atoms with Crippen LogP contribution in [0.4, 0.5) is 0 Å². The van der Waals surface area contributed by atoms with Gasteiger partial charge in [-0.2, -0.15) is 5.26 Å². The van der Waals surface area contributed by atoms with Crippen LogP contribution >= 0.6 is 11.6 Å². The Balaban J connectivity index is 1.84. The van der Waals surface area contributed by atoms with Gasteiger partial charge in [-0.3, -0.25) is 0 Å². The number of halogens is 1. The zero-order valence-electron chi connectivity index (χ0n) is 10.1. The van der Waals surface area contributed by atoms with E-state index in [0.717, 1.165) is 0 Å². The van der Waals surface area contributed by atoms with Crippen molar-refractivity contribution in [2.75, 3.05) is 0 Å². The highest BCUT2D eigenvalue weighted by Gasteiger charge is 2.12. The van der Waals surface area contributed by atoms with Crippen molar-refractivity contribution < 1.29 is 4.42 Å². The fourth-order valence-corrected chi connectivity index (χ4v) is 1.84. The second-order valence-electron chi connectivity index (χ2n) is 3.86. The van der Waals surface area contributed by atoms with Gasteiger partial charge in [-0.05, 0) is 12.1 Å². The first-order valence-electron chi connectivity index (χ1n) is 5.63. The number of benzene rings is 1. The van der Waals surface area contributed by atoms with Crippen molar-refractivity contribution in [2.24, 2.45) is 0 Å². The molecule has 0 unspecified atom stereocenters.